The van der Waals surface area contributed by atoms with Gasteiger partial charge in [0, 0.05) is 39.2 Å². The molecular weight excluding hydrogens is 466 g/mol. The van der Waals surface area contributed by atoms with Gasteiger partial charge in [-0.05, 0) is 31.7 Å². The number of aromatic nitrogens is 2. The van der Waals surface area contributed by atoms with Crippen LogP contribution in [0.5, 0.6) is 0 Å². The standard InChI is InChI=1S/C26H35N3O5S/c1-5-22(24(31)29-14-12-19(13-15-29)25(32)34-6-2)35-26-27-21(17-33-4)20(23(30)28(26)3)16-18-10-8-7-9-11-18/h7-11,19,22H,5-6,12-17H2,1-4H3. The van der Waals surface area contributed by atoms with Gasteiger partial charge in [0.1, 0.15) is 0 Å². The van der Waals surface area contributed by atoms with Gasteiger partial charge >= 0.3 is 5.97 Å². The number of hydrogen-bond donors (Lipinski definition) is 0. The van der Waals surface area contributed by atoms with E-state index in [9.17, 15) is 14.4 Å². The Kier molecular flexibility index (Phi) is 9.92. The Balaban J connectivity index is 1.77. The molecule has 1 saturated heterocycles. The highest BCUT2D eigenvalue weighted by Gasteiger charge is 2.32. The fourth-order valence-electron chi connectivity index (χ4n) is 4.24. The van der Waals surface area contributed by atoms with E-state index >= 15 is 0 Å². The number of esters is 1. The summed E-state index contributed by atoms with van der Waals surface area (Å²) in [6.45, 7) is 5.39. The van der Waals surface area contributed by atoms with Crippen LogP contribution in [0, 0.1) is 5.92 Å². The molecule has 1 aliphatic heterocycles. The normalized spacial score (nSPS) is 15.1. The number of hydrogen-bond acceptors (Lipinski definition) is 7. The molecule has 190 valence electrons. The van der Waals surface area contributed by atoms with Crippen molar-refractivity contribution in [2.75, 3.05) is 26.8 Å². The molecule has 0 aliphatic carbocycles. The van der Waals surface area contributed by atoms with E-state index in [0.717, 1.165) is 5.56 Å². The van der Waals surface area contributed by atoms with Crippen LogP contribution in [0.4, 0.5) is 0 Å². The third-order valence-electron chi connectivity index (χ3n) is 6.25. The van der Waals surface area contributed by atoms with Crippen LogP contribution in [0.15, 0.2) is 40.3 Å². The van der Waals surface area contributed by atoms with E-state index in [4.69, 9.17) is 14.5 Å². The third kappa shape index (κ3) is 6.73. The van der Waals surface area contributed by atoms with E-state index in [1.165, 1.54) is 16.3 Å². The fraction of sp³-hybridized carbons (Fsp3) is 0.538. The Morgan fingerprint density at radius 2 is 1.86 bits per heavy atom. The molecule has 1 amide bonds. The molecule has 1 aliphatic rings. The lowest BCUT2D eigenvalue weighted by atomic mass is 9.96. The van der Waals surface area contributed by atoms with Crippen molar-refractivity contribution in [2.45, 2.75) is 56.5 Å². The molecule has 0 N–H and O–H groups in total. The number of thioether (sulfide) groups is 1. The predicted molar refractivity (Wildman–Crippen MR) is 135 cm³/mol. The Morgan fingerprint density at radius 1 is 1.17 bits per heavy atom. The maximum absolute atomic E-state index is 13.3. The number of ether oxygens (including phenoxy) is 2. The number of rotatable bonds is 10. The molecular formula is C26H35N3O5S. The second kappa shape index (κ2) is 12.9. The largest absolute Gasteiger partial charge is 0.466 e. The summed E-state index contributed by atoms with van der Waals surface area (Å²) in [7, 11) is 3.28. The van der Waals surface area contributed by atoms with E-state index < -0.39 is 0 Å². The highest BCUT2D eigenvalue weighted by molar-refractivity contribution is 8.00. The maximum atomic E-state index is 13.3. The Labute approximate surface area is 211 Å². The lowest BCUT2D eigenvalue weighted by molar-refractivity contribution is -0.151. The summed E-state index contributed by atoms with van der Waals surface area (Å²) in [5.41, 5.74) is 2.10. The smallest absolute Gasteiger partial charge is 0.309 e. The van der Waals surface area contributed by atoms with Crippen molar-refractivity contribution in [3.8, 4) is 0 Å². The number of likely N-dealkylation sites (tertiary alicyclic amines) is 1. The van der Waals surface area contributed by atoms with Crippen LogP contribution in [0.25, 0.3) is 0 Å². The van der Waals surface area contributed by atoms with Crippen LogP contribution in [-0.4, -0.2) is 58.4 Å². The number of methoxy groups -OCH3 is 1. The zero-order chi connectivity index (χ0) is 25.4. The first-order valence-corrected chi connectivity index (χ1v) is 13.0. The summed E-state index contributed by atoms with van der Waals surface area (Å²) in [5, 5.41) is 0.128. The lowest BCUT2D eigenvalue weighted by Gasteiger charge is -2.33. The van der Waals surface area contributed by atoms with Crippen molar-refractivity contribution >= 4 is 23.6 Å². The summed E-state index contributed by atoms with van der Waals surface area (Å²) in [4.78, 5) is 45.2. The van der Waals surface area contributed by atoms with E-state index in [2.05, 4.69) is 0 Å². The number of carbonyl (C=O) groups excluding carboxylic acids is 2. The first kappa shape index (κ1) is 26.9. The number of benzene rings is 1. The number of carbonyl (C=O) groups is 2. The van der Waals surface area contributed by atoms with Gasteiger partial charge in [-0.2, -0.15) is 0 Å². The fourth-order valence-corrected chi connectivity index (χ4v) is 5.32. The molecule has 0 bridgehead atoms. The molecule has 2 heterocycles. The van der Waals surface area contributed by atoms with Gasteiger partial charge in [0.25, 0.3) is 5.56 Å². The zero-order valence-electron chi connectivity index (χ0n) is 21.0. The summed E-state index contributed by atoms with van der Waals surface area (Å²) < 4.78 is 12.0. The van der Waals surface area contributed by atoms with E-state index in [-0.39, 0.29) is 35.2 Å². The van der Waals surface area contributed by atoms with Crippen LogP contribution in [-0.2, 0) is 39.1 Å². The highest BCUT2D eigenvalue weighted by Crippen LogP contribution is 2.28. The van der Waals surface area contributed by atoms with Crippen LogP contribution in [0.1, 0.15) is 49.9 Å². The second-order valence-corrected chi connectivity index (χ2v) is 9.82. The zero-order valence-corrected chi connectivity index (χ0v) is 21.8. The summed E-state index contributed by atoms with van der Waals surface area (Å²) in [6, 6.07) is 9.79. The Morgan fingerprint density at radius 3 is 2.46 bits per heavy atom. The van der Waals surface area contributed by atoms with Crippen LogP contribution in [0.3, 0.4) is 0 Å². The van der Waals surface area contributed by atoms with Crippen molar-refractivity contribution in [1.82, 2.24) is 14.5 Å². The minimum Gasteiger partial charge on any atom is -0.466 e. The third-order valence-corrected chi connectivity index (χ3v) is 7.65. The van der Waals surface area contributed by atoms with Crippen LogP contribution >= 0.6 is 11.8 Å². The first-order valence-electron chi connectivity index (χ1n) is 12.1. The molecule has 2 aromatic rings. The van der Waals surface area contributed by atoms with Gasteiger partial charge in [-0.1, -0.05) is 49.0 Å². The van der Waals surface area contributed by atoms with Gasteiger partial charge in [0.2, 0.25) is 5.91 Å². The van der Waals surface area contributed by atoms with E-state index in [1.807, 2.05) is 42.2 Å². The summed E-state index contributed by atoms with van der Waals surface area (Å²) in [5.74, 6) is -0.319. The molecule has 1 unspecified atom stereocenters. The van der Waals surface area contributed by atoms with Crippen molar-refractivity contribution < 1.29 is 19.1 Å². The molecule has 9 heteroatoms. The Bertz CT molecular complexity index is 1060. The minimum atomic E-state index is -0.373. The van der Waals surface area contributed by atoms with Gasteiger partial charge < -0.3 is 14.4 Å². The molecule has 35 heavy (non-hydrogen) atoms. The van der Waals surface area contributed by atoms with Gasteiger partial charge in [0.05, 0.1) is 30.1 Å². The molecule has 0 radical (unpaired) electrons. The van der Waals surface area contributed by atoms with Crippen molar-refractivity contribution in [3.05, 3.63) is 57.5 Å². The van der Waals surface area contributed by atoms with Crippen LogP contribution < -0.4 is 5.56 Å². The molecule has 1 atom stereocenters. The second-order valence-electron chi connectivity index (χ2n) is 8.65. The number of piperidine rings is 1. The van der Waals surface area contributed by atoms with Crippen molar-refractivity contribution in [3.63, 3.8) is 0 Å². The van der Waals surface area contributed by atoms with Gasteiger partial charge in [0.15, 0.2) is 5.16 Å². The monoisotopic (exact) mass is 501 g/mol. The summed E-state index contributed by atoms with van der Waals surface area (Å²) in [6.07, 6.45) is 2.28. The minimum absolute atomic E-state index is 0.00992. The summed E-state index contributed by atoms with van der Waals surface area (Å²) >= 11 is 1.31. The lowest BCUT2D eigenvalue weighted by Crippen LogP contribution is -2.44. The van der Waals surface area contributed by atoms with Crippen LogP contribution in [0.2, 0.25) is 0 Å². The van der Waals surface area contributed by atoms with Gasteiger partial charge in [-0.3, -0.25) is 19.0 Å². The van der Waals surface area contributed by atoms with Gasteiger partial charge in [-0.25, -0.2) is 4.98 Å². The molecule has 1 fully saturated rings. The highest BCUT2D eigenvalue weighted by atomic mass is 32.2. The predicted octanol–water partition coefficient (Wildman–Crippen LogP) is 3.19. The first-order chi connectivity index (χ1) is 16.9. The van der Waals surface area contributed by atoms with Crippen molar-refractivity contribution in [1.29, 1.82) is 0 Å². The molecule has 8 nitrogen and oxygen atoms in total. The molecule has 0 saturated carbocycles. The SMILES string of the molecule is CCOC(=O)C1CCN(C(=O)C(CC)Sc2nc(COC)c(Cc3ccccc3)c(=O)n2C)CC1. The molecule has 1 aromatic carbocycles. The quantitative estimate of drug-likeness (QED) is 0.281. The molecule has 3 rings (SSSR count). The Hall–Kier alpha value is -2.65. The van der Waals surface area contributed by atoms with Gasteiger partial charge in [-0.15, -0.1) is 0 Å². The maximum Gasteiger partial charge on any atom is 0.309 e. The average Bonchev–Trinajstić information content (AvgIpc) is 2.88. The van der Waals surface area contributed by atoms with E-state index in [0.29, 0.717) is 61.8 Å². The topological polar surface area (TPSA) is 90.7 Å². The molecule has 1 aromatic heterocycles. The molecule has 0 spiro atoms. The average molecular weight is 502 g/mol. The van der Waals surface area contributed by atoms with Crippen molar-refractivity contribution in [2.24, 2.45) is 13.0 Å². The van der Waals surface area contributed by atoms with E-state index in [1.54, 1.807) is 21.1 Å². The number of nitrogens with zero attached hydrogens (tertiary/aromatic N) is 3. The number of amides is 1.